The molecule has 0 saturated carbocycles. The predicted octanol–water partition coefficient (Wildman–Crippen LogP) is 7.04. The summed E-state index contributed by atoms with van der Waals surface area (Å²) in [5, 5.41) is 6.71. The second-order valence-corrected chi connectivity index (χ2v) is 10.4. The van der Waals surface area contributed by atoms with Crippen molar-refractivity contribution in [1.29, 1.82) is 0 Å². The van der Waals surface area contributed by atoms with Crippen molar-refractivity contribution >= 4 is 34.6 Å². The molecule has 1 aliphatic heterocycles. The van der Waals surface area contributed by atoms with E-state index in [0.717, 1.165) is 34.8 Å². The summed E-state index contributed by atoms with van der Waals surface area (Å²) in [5.74, 6) is 0.320. The van der Waals surface area contributed by atoms with E-state index in [2.05, 4.69) is 15.6 Å². The second-order valence-electron chi connectivity index (χ2n) is 9.99. The van der Waals surface area contributed by atoms with Gasteiger partial charge in [0.1, 0.15) is 5.75 Å². The van der Waals surface area contributed by atoms with Crippen LogP contribution in [0.2, 0.25) is 0 Å². The average molecular weight is 594 g/mol. The number of nitrogens with one attached hydrogen (secondary N) is 2. The number of hydrogen-bond donors (Lipinski definition) is 2. The molecule has 2 N–H and O–H groups in total. The number of amides is 1. The first-order valence-corrected chi connectivity index (χ1v) is 13.8. The maximum atomic E-state index is 13.6. The average Bonchev–Trinajstić information content (AvgIpc) is 3.47. The van der Waals surface area contributed by atoms with Crippen molar-refractivity contribution in [3.05, 3.63) is 101 Å². The molecule has 2 aromatic heterocycles. The number of thiocarbonyl (C=S) groups is 1. The number of carbonyl (C=O) groups is 1. The van der Waals surface area contributed by atoms with Gasteiger partial charge < -0.3 is 24.8 Å². The molecule has 218 valence electrons. The highest BCUT2D eigenvalue weighted by Crippen LogP contribution is 2.45. The molecule has 0 unspecified atom stereocenters. The van der Waals surface area contributed by atoms with Crippen LogP contribution in [0.5, 0.6) is 5.75 Å². The molecule has 7 nitrogen and oxygen atoms in total. The van der Waals surface area contributed by atoms with Crippen LogP contribution >= 0.6 is 12.2 Å². The number of benzene rings is 2. The number of aromatic nitrogens is 2. The van der Waals surface area contributed by atoms with Crippen LogP contribution in [0, 0.1) is 13.8 Å². The van der Waals surface area contributed by atoms with Gasteiger partial charge in [0, 0.05) is 41.4 Å². The zero-order chi connectivity index (χ0) is 30.2. The van der Waals surface area contributed by atoms with E-state index in [1.807, 2.05) is 53.6 Å². The van der Waals surface area contributed by atoms with Crippen LogP contribution in [-0.2, 0) is 11.0 Å². The van der Waals surface area contributed by atoms with Crippen molar-refractivity contribution in [3.8, 4) is 11.4 Å². The second kappa shape index (κ2) is 11.5. The first-order valence-electron chi connectivity index (χ1n) is 13.4. The maximum absolute atomic E-state index is 13.6. The molecule has 0 aliphatic carbocycles. The van der Waals surface area contributed by atoms with E-state index < -0.39 is 17.8 Å². The first-order chi connectivity index (χ1) is 20.0. The molecule has 0 radical (unpaired) electrons. The number of ether oxygens (including phenoxy) is 1. The molecule has 0 spiro atoms. The number of aryl methyl sites for hydroxylation is 1. The van der Waals surface area contributed by atoms with E-state index in [0.29, 0.717) is 34.3 Å². The van der Waals surface area contributed by atoms with E-state index in [1.165, 1.54) is 13.2 Å². The fourth-order valence-electron chi connectivity index (χ4n) is 5.43. The van der Waals surface area contributed by atoms with E-state index in [1.54, 1.807) is 31.3 Å². The Morgan fingerprint density at radius 2 is 1.86 bits per heavy atom. The Morgan fingerprint density at radius 3 is 2.52 bits per heavy atom. The Hall–Kier alpha value is -4.38. The van der Waals surface area contributed by atoms with Crippen molar-refractivity contribution in [2.45, 2.75) is 45.5 Å². The van der Waals surface area contributed by atoms with Crippen molar-refractivity contribution in [1.82, 2.24) is 14.9 Å². The number of nitrogens with zero attached hydrogens (tertiary/aromatic N) is 3. The third-order valence-electron chi connectivity index (χ3n) is 7.38. The zero-order valence-electron chi connectivity index (χ0n) is 23.5. The number of halogens is 3. The van der Waals surface area contributed by atoms with Gasteiger partial charge in [-0.05, 0) is 80.2 Å². The highest BCUT2D eigenvalue weighted by atomic mass is 32.1. The minimum Gasteiger partial charge on any atom is -0.494 e. The third-order valence-corrected chi connectivity index (χ3v) is 7.69. The smallest absolute Gasteiger partial charge is 0.416 e. The summed E-state index contributed by atoms with van der Waals surface area (Å²) >= 11 is 5.86. The van der Waals surface area contributed by atoms with Crippen molar-refractivity contribution in [2.24, 2.45) is 0 Å². The molecule has 2 aromatic carbocycles. The summed E-state index contributed by atoms with van der Waals surface area (Å²) in [7, 11) is 1.53. The van der Waals surface area contributed by atoms with Crippen LogP contribution in [0.3, 0.4) is 0 Å². The lowest BCUT2D eigenvalue weighted by Crippen LogP contribution is -2.29. The fourth-order valence-corrected chi connectivity index (χ4v) is 5.77. The summed E-state index contributed by atoms with van der Waals surface area (Å²) in [6.45, 7) is 5.52. The van der Waals surface area contributed by atoms with E-state index >= 15 is 0 Å². The summed E-state index contributed by atoms with van der Waals surface area (Å²) in [6, 6.07) is 17.6. The van der Waals surface area contributed by atoms with Crippen molar-refractivity contribution in [3.63, 3.8) is 0 Å². The maximum Gasteiger partial charge on any atom is 0.416 e. The first kappa shape index (κ1) is 29.1. The number of hydrogen-bond acceptors (Lipinski definition) is 4. The highest BCUT2D eigenvalue weighted by molar-refractivity contribution is 7.80. The number of carbonyl (C=O) groups excluding carboxylic acids is 1. The van der Waals surface area contributed by atoms with Gasteiger partial charge >= 0.3 is 6.18 Å². The molecule has 11 heteroatoms. The molecule has 1 saturated heterocycles. The van der Waals surface area contributed by atoms with Crippen LogP contribution in [0.4, 0.5) is 24.5 Å². The Bertz CT molecular complexity index is 1640. The van der Waals surface area contributed by atoms with Gasteiger partial charge in [0.05, 0.1) is 36.1 Å². The summed E-state index contributed by atoms with van der Waals surface area (Å²) in [6.07, 6.45) is -2.43. The van der Waals surface area contributed by atoms with Gasteiger partial charge in [-0.1, -0.05) is 19.1 Å². The Balaban J connectivity index is 1.65. The number of anilines is 2. The van der Waals surface area contributed by atoms with Gasteiger partial charge in [0.25, 0.3) is 0 Å². The van der Waals surface area contributed by atoms with Gasteiger partial charge in [-0.25, -0.2) is 0 Å². The number of rotatable bonds is 7. The lowest BCUT2D eigenvalue weighted by molar-refractivity contribution is -0.137. The summed E-state index contributed by atoms with van der Waals surface area (Å²) < 4.78 is 48.1. The lowest BCUT2D eigenvalue weighted by Gasteiger charge is -2.29. The van der Waals surface area contributed by atoms with E-state index in [4.69, 9.17) is 17.0 Å². The molecule has 4 aromatic rings. The number of alkyl halides is 3. The SMILES string of the molecule is CCC(=O)Nc1ccc(N2C(=S)N[C@@H](c3ccccn3)[C@@H]2c2cc(C)n(-c3cccc(C(F)(F)F)c3)c2C)cc1OC. The largest absolute Gasteiger partial charge is 0.494 e. The zero-order valence-corrected chi connectivity index (χ0v) is 24.3. The third kappa shape index (κ3) is 5.44. The molecule has 1 amide bonds. The van der Waals surface area contributed by atoms with Crippen LogP contribution in [-0.4, -0.2) is 27.7 Å². The van der Waals surface area contributed by atoms with E-state index in [9.17, 15) is 18.0 Å². The van der Waals surface area contributed by atoms with Gasteiger partial charge in [0.2, 0.25) is 5.91 Å². The van der Waals surface area contributed by atoms with Gasteiger partial charge in [0.15, 0.2) is 5.11 Å². The van der Waals surface area contributed by atoms with Crippen LogP contribution in [0.25, 0.3) is 5.69 Å². The molecule has 1 aliphatic rings. The molecule has 3 heterocycles. The highest BCUT2D eigenvalue weighted by Gasteiger charge is 2.42. The minimum absolute atomic E-state index is 0.144. The summed E-state index contributed by atoms with van der Waals surface area (Å²) in [4.78, 5) is 18.6. The molecular formula is C31H30F3N5O2S. The fraction of sp³-hybridized carbons (Fsp3) is 0.258. The molecule has 1 fully saturated rings. The normalized spacial score (nSPS) is 16.8. The number of methoxy groups -OCH3 is 1. The molecule has 5 rings (SSSR count). The van der Waals surface area contributed by atoms with Gasteiger partial charge in [-0.15, -0.1) is 0 Å². The number of pyridine rings is 1. The van der Waals surface area contributed by atoms with E-state index in [-0.39, 0.29) is 11.9 Å². The Labute approximate surface area is 247 Å². The minimum atomic E-state index is -4.46. The predicted molar refractivity (Wildman–Crippen MR) is 160 cm³/mol. The van der Waals surface area contributed by atoms with Crippen LogP contribution in [0.15, 0.2) is 72.9 Å². The van der Waals surface area contributed by atoms with Crippen LogP contribution in [0.1, 0.15) is 53.6 Å². The Morgan fingerprint density at radius 1 is 1.07 bits per heavy atom. The lowest BCUT2D eigenvalue weighted by atomic mass is 9.96. The van der Waals surface area contributed by atoms with Crippen LogP contribution < -0.4 is 20.3 Å². The monoisotopic (exact) mass is 593 g/mol. The van der Waals surface area contributed by atoms with Crippen molar-refractivity contribution in [2.75, 3.05) is 17.3 Å². The molecule has 42 heavy (non-hydrogen) atoms. The molecular weight excluding hydrogens is 563 g/mol. The topological polar surface area (TPSA) is 71.4 Å². The van der Waals surface area contributed by atoms with Gasteiger partial charge in [-0.3, -0.25) is 9.78 Å². The standard InChI is InChI=1S/C31H30F3N5O2S/c1-5-27(40)36-24-13-12-22(17-26(24)41-4)39-29(28(37-30(39)42)25-11-6-7-14-35-25)23-15-18(2)38(19(23)3)21-10-8-9-20(16-21)31(32,33)34/h6-17,28-29H,5H2,1-4H3,(H,36,40)(H,37,42)/t28-,29-/m0/s1. The molecule has 0 bridgehead atoms. The van der Waals surface area contributed by atoms with Gasteiger partial charge in [-0.2, -0.15) is 13.2 Å². The summed E-state index contributed by atoms with van der Waals surface area (Å²) in [5.41, 5.74) is 4.12. The quantitative estimate of drug-likeness (QED) is 0.224. The van der Waals surface area contributed by atoms with Crippen molar-refractivity contribution < 1.29 is 22.7 Å². The molecule has 2 atom stereocenters. The Kier molecular flexibility index (Phi) is 7.96.